The van der Waals surface area contributed by atoms with Gasteiger partial charge in [-0.15, -0.1) is 0 Å². The van der Waals surface area contributed by atoms with Crippen LogP contribution in [0.5, 0.6) is 11.5 Å². The summed E-state index contributed by atoms with van der Waals surface area (Å²) in [6, 6.07) is 16.4. The molecule has 1 aromatic heterocycles. The van der Waals surface area contributed by atoms with E-state index >= 15 is 0 Å². The minimum atomic E-state index is -5.08. The standard InChI is InChI=1S/C31H40N4O4.C2HF3O2/c1-22(2)35-19-29(32-21-35)28-18-33(16-24-8-12-27(13-9-24)39-23(3)4)20-31(28)30(36)34(14-15-38-31)17-25-6-10-26(37-5)11-7-25;3-2(4,5)1(6)7/h6-13,19,21-23,28H,14-18,20H2,1-5H3;(H,6,7). The van der Waals surface area contributed by atoms with Crippen molar-refractivity contribution in [1.29, 1.82) is 0 Å². The lowest BCUT2D eigenvalue weighted by Crippen LogP contribution is -2.60. The third-order valence-corrected chi connectivity index (χ3v) is 7.88. The fourth-order valence-electron chi connectivity index (χ4n) is 5.62. The predicted octanol–water partition coefficient (Wildman–Crippen LogP) is 5.29. The summed E-state index contributed by atoms with van der Waals surface area (Å²) in [5.41, 5.74) is 2.18. The highest BCUT2D eigenvalue weighted by Gasteiger charge is 2.57. The first-order chi connectivity index (χ1) is 21.7. The van der Waals surface area contributed by atoms with Gasteiger partial charge in [0.05, 0.1) is 37.8 Å². The number of amides is 1. The van der Waals surface area contributed by atoms with Crippen LogP contribution in [-0.4, -0.2) is 87.6 Å². The van der Waals surface area contributed by atoms with Crippen LogP contribution < -0.4 is 9.47 Å². The number of methoxy groups -OCH3 is 1. The van der Waals surface area contributed by atoms with Gasteiger partial charge < -0.3 is 28.8 Å². The van der Waals surface area contributed by atoms with Crippen LogP contribution in [0.1, 0.15) is 56.5 Å². The normalized spacial score (nSPS) is 20.3. The number of ether oxygens (including phenoxy) is 3. The van der Waals surface area contributed by atoms with Crippen LogP contribution in [0.2, 0.25) is 0 Å². The van der Waals surface area contributed by atoms with Gasteiger partial charge in [0.1, 0.15) is 11.5 Å². The van der Waals surface area contributed by atoms with Gasteiger partial charge in [0.15, 0.2) is 5.60 Å². The first-order valence-electron chi connectivity index (χ1n) is 15.1. The fraction of sp³-hybridized carbons (Fsp3) is 0.485. The molecule has 250 valence electrons. The summed E-state index contributed by atoms with van der Waals surface area (Å²) < 4.78 is 51.4. The molecule has 5 rings (SSSR count). The average molecular weight is 647 g/mol. The number of hydrogen-bond donors (Lipinski definition) is 1. The summed E-state index contributed by atoms with van der Waals surface area (Å²) in [5.74, 6) is -1.21. The van der Waals surface area contributed by atoms with Crippen LogP contribution in [0.15, 0.2) is 61.1 Å². The highest BCUT2D eigenvalue weighted by atomic mass is 19.4. The van der Waals surface area contributed by atoms with Gasteiger partial charge in [-0.25, -0.2) is 9.78 Å². The van der Waals surface area contributed by atoms with Gasteiger partial charge in [0, 0.05) is 45.0 Å². The monoisotopic (exact) mass is 646 g/mol. The van der Waals surface area contributed by atoms with Crippen molar-refractivity contribution >= 4 is 11.9 Å². The number of imidazole rings is 1. The van der Waals surface area contributed by atoms with E-state index in [0.717, 1.165) is 29.3 Å². The molecule has 1 N–H and O–H groups in total. The highest BCUT2D eigenvalue weighted by Crippen LogP contribution is 2.42. The smallest absolute Gasteiger partial charge is 0.490 e. The van der Waals surface area contributed by atoms with Crippen molar-refractivity contribution in [1.82, 2.24) is 19.4 Å². The summed E-state index contributed by atoms with van der Waals surface area (Å²) in [5, 5.41) is 7.12. The minimum Gasteiger partial charge on any atom is -0.497 e. The van der Waals surface area contributed by atoms with E-state index < -0.39 is 17.7 Å². The molecule has 2 aliphatic heterocycles. The maximum absolute atomic E-state index is 14.2. The molecule has 2 fully saturated rings. The molecular weight excluding hydrogens is 605 g/mol. The number of nitrogens with zero attached hydrogens (tertiary/aromatic N) is 4. The molecule has 3 heterocycles. The quantitative estimate of drug-likeness (QED) is 0.335. The Morgan fingerprint density at radius 3 is 2.15 bits per heavy atom. The number of halogens is 3. The van der Waals surface area contributed by atoms with E-state index in [9.17, 15) is 18.0 Å². The number of carboxylic acids is 1. The molecular formula is C33H41F3N4O6. The number of carbonyl (C=O) groups is 2. The van der Waals surface area contributed by atoms with E-state index in [1.165, 1.54) is 5.56 Å². The van der Waals surface area contributed by atoms with Crippen LogP contribution in [-0.2, 0) is 27.4 Å². The first kappa shape index (κ1) is 34.8. The van der Waals surface area contributed by atoms with Crippen molar-refractivity contribution in [2.45, 2.75) is 70.6 Å². The third-order valence-electron chi connectivity index (χ3n) is 7.88. The molecule has 2 atom stereocenters. The maximum Gasteiger partial charge on any atom is 0.490 e. The zero-order chi connectivity index (χ0) is 33.6. The molecule has 0 aliphatic carbocycles. The number of alkyl halides is 3. The first-order valence-corrected chi connectivity index (χ1v) is 15.1. The van der Waals surface area contributed by atoms with Gasteiger partial charge in [0.2, 0.25) is 0 Å². The van der Waals surface area contributed by atoms with Crippen molar-refractivity contribution in [2.24, 2.45) is 0 Å². The Morgan fingerprint density at radius 1 is 1.04 bits per heavy atom. The van der Waals surface area contributed by atoms with Crippen molar-refractivity contribution in [2.75, 3.05) is 33.4 Å². The van der Waals surface area contributed by atoms with Crippen molar-refractivity contribution in [3.05, 3.63) is 77.9 Å². The van der Waals surface area contributed by atoms with E-state index in [2.05, 4.69) is 41.6 Å². The second kappa shape index (κ2) is 14.5. The molecule has 46 heavy (non-hydrogen) atoms. The SMILES string of the molecule is COc1ccc(CN2CCOC3(CN(Cc4ccc(OC(C)C)cc4)CC3c3cn(C(C)C)cn3)C2=O)cc1.O=C(O)C(F)(F)F. The minimum absolute atomic E-state index is 0.0387. The summed E-state index contributed by atoms with van der Waals surface area (Å²) in [6.45, 7) is 11.9. The number of carbonyl (C=O) groups excluding carboxylic acids is 1. The van der Waals surface area contributed by atoms with Gasteiger partial charge in [-0.1, -0.05) is 24.3 Å². The maximum atomic E-state index is 14.2. The Kier molecular flexibility index (Phi) is 11.0. The van der Waals surface area contributed by atoms with Crippen molar-refractivity contribution in [3.8, 4) is 11.5 Å². The van der Waals surface area contributed by atoms with Crippen molar-refractivity contribution < 1.29 is 42.1 Å². The number of hydrogen-bond acceptors (Lipinski definition) is 7. The fourth-order valence-corrected chi connectivity index (χ4v) is 5.62. The van der Waals surface area contributed by atoms with E-state index in [4.69, 9.17) is 29.1 Å². The molecule has 0 bridgehead atoms. The second-order valence-corrected chi connectivity index (χ2v) is 12.0. The number of carboxylic acid groups (broad SMARTS) is 1. The zero-order valence-electron chi connectivity index (χ0n) is 26.7. The second-order valence-electron chi connectivity index (χ2n) is 12.0. The number of benzene rings is 2. The van der Waals surface area contributed by atoms with Crippen LogP contribution in [0, 0.1) is 0 Å². The van der Waals surface area contributed by atoms with Gasteiger partial charge in [-0.05, 0) is 63.1 Å². The van der Waals surface area contributed by atoms with E-state index in [1.54, 1.807) is 7.11 Å². The number of aliphatic carboxylic acids is 1. The molecule has 0 radical (unpaired) electrons. The summed E-state index contributed by atoms with van der Waals surface area (Å²) in [7, 11) is 1.66. The predicted molar refractivity (Wildman–Crippen MR) is 164 cm³/mol. The van der Waals surface area contributed by atoms with E-state index in [0.29, 0.717) is 38.8 Å². The molecule has 13 heteroatoms. The topological polar surface area (TPSA) is 106 Å². The Hall–Kier alpha value is -4.10. The van der Waals surface area contributed by atoms with Gasteiger partial charge >= 0.3 is 12.1 Å². The molecule has 1 amide bonds. The highest BCUT2D eigenvalue weighted by molar-refractivity contribution is 5.88. The largest absolute Gasteiger partial charge is 0.497 e. The molecule has 2 unspecified atom stereocenters. The Bertz CT molecular complexity index is 1460. The molecule has 10 nitrogen and oxygen atoms in total. The molecule has 1 spiro atoms. The van der Waals surface area contributed by atoms with Crippen LogP contribution in [0.25, 0.3) is 0 Å². The van der Waals surface area contributed by atoms with Crippen LogP contribution >= 0.6 is 0 Å². The lowest BCUT2D eigenvalue weighted by Gasteiger charge is -2.42. The number of aromatic nitrogens is 2. The molecule has 3 aromatic rings. The molecule has 2 saturated heterocycles. The lowest BCUT2D eigenvalue weighted by molar-refractivity contribution is -0.192. The zero-order valence-corrected chi connectivity index (χ0v) is 26.7. The molecule has 2 aromatic carbocycles. The van der Waals surface area contributed by atoms with E-state index in [1.807, 2.05) is 61.5 Å². The molecule has 0 saturated carbocycles. The van der Waals surface area contributed by atoms with Gasteiger partial charge in [0.25, 0.3) is 5.91 Å². The summed E-state index contributed by atoms with van der Waals surface area (Å²) >= 11 is 0. The lowest BCUT2D eigenvalue weighted by atomic mass is 9.85. The average Bonchev–Trinajstić information content (AvgIpc) is 3.62. The number of likely N-dealkylation sites (tertiary alicyclic amines) is 1. The van der Waals surface area contributed by atoms with Crippen LogP contribution in [0.3, 0.4) is 0 Å². The van der Waals surface area contributed by atoms with Crippen LogP contribution in [0.4, 0.5) is 13.2 Å². The van der Waals surface area contributed by atoms with Crippen molar-refractivity contribution in [3.63, 3.8) is 0 Å². The third kappa shape index (κ3) is 8.38. The van der Waals surface area contributed by atoms with Gasteiger partial charge in [-0.2, -0.15) is 13.2 Å². The number of rotatable bonds is 9. The Morgan fingerprint density at radius 2 is 1.63 bits per heavy atom. The number of morpholine rings is 1. The molecule has 2 aliphatic rings. The Balaban J connectivity index is 0.000000617. The van der Waals surface area contributed by atoms with E-state index in [-0.39, 0.29) is 17.9 Å². The summed E-state index contributed by atoms with van der Waals surface area (Å²) in [4.78, 5) is 32.2. The van der Waals surface area contributed by atoms with Gasteiger partial charge in [-0.3, -0.25) is 9.69 Å². The summed E-state index contributed by atoms with van der Waals surface area (Å²) in [6.07, 6.45) is -1.000. The Labute approximate surface area is 266 Å².